The number of aromatic nitrogens is 1. The Bertz CT molecular complexity index is 604. The van der Waals surface area contributed by atoms with Gasteiger partial charge in [0.15, 0.2) is 0 Å². The number of halogens is 1. The van der Waals surface area contributed by atoms with Crippen LogP contribution in [-0.4, -0.2) is 4.98 Å². The highest BCUT2D eigenvalue weighted by Crippen LogP contribution is 2.29. The highest BCUT2D eigenvalue weighted by Gasteiger charge is 2.10. The minimum absolute atomic E-state index is 0.223. The predicted octanol–water partition coefficient (Wildman–Crippen LogP) is 3.48. The minimum atomic E-state index is -0.223. The molecule has 2 heteroatoms. The minimum Gasteiger partial charge on any atom is -0.255 e. The van der Waals surface area contributed by atoms with E-state index in [2.05, 4.69) is 4.98 Å². The summed E-state index contributed by atoms with van der Waals surface area (Å²) in [6, 6.07) is 12.8. The molecule has 1 aliphatic carbocycles. The van der Waals surface area contributed by atoms with E-state index in [-0.39, 0.29) is 5.82 Å². The monoisotopic (exact) mass is 197 g/mol. The maximum Gasteiger partial charge on any atom is 0.132 e. The molecule has 1 nitrogen and oxygen atoms in total. The Kier molecular flexibility index (Phi) is 1.68. The first-order valence-electron chi connectivity index (χ1n) is 4.78. The molecule has 0 unspecified atom stereocenters. The second-order valence-electron chi connectivity index (χ2n) is 3.48. The van der Waals surface area contributed by atoms with Crippen LogP contribution < -0.4 is 0 Å². The molecule has 0 saturated carbocycles. The molecule has 2 aliphatic rings. The van der Waals surface area contributed by atoms with Gasteiger partial charge in [0.1, 0.15) is 5.82 Å². The van der Waals surface area contributed by atoms with Gasteiger partial charge >= 0.3 is 0 Å². The van der Waals surface area contributed by atoms with Crippen molar-refractivity contribution in [2.45, 2.75) is 0 Å². The molecule has 3 rings (SSSR count). The molecule has 0 fully saturated rings. The largest absolute Gasteiger partial charge is 0.255 e. The van der Waals surface area contributed by atoms with E-state index < -0.39 is 0 Å². The summed E-state index contributed by atoms with van der Waals surface area (Å²) in [6.45, 7) is 0. The summed E-state index contributed by atoms with van der Waals surface area (Å²) in [5.41, 5.74) is 1.31. The first-order valence-corrected chi connectivity index (χ1v) is 4.78. The Morgan fingerprint density at radius 3 is 2.73 bits per heavy atom. The van der Waals surface area contributed by atoms with E-state index in [1.807, 2.05) is 24.3 Å². The van der Waals surface area contributed by atoms with E-state index in [1.165, 1.54) is 6.07 Å². The van der Waals surface area contributed by atoms with Crippen LogP contribution in [0.4, 0.5) is 4.39 Å². The van der Waals surface area contributed by atoms with Crippen LogP contribution in [-0.2, 0) is 0 Å². The average Bonchev–Trinajstić information content (AvgIpc) is 2.71. The SMILES string of the molecule is Fc1ccc2ccccc2c2nccc1-2. The van der Waals surface area contributed by atoms with Gasteiger partial charge in [0.05, 0.1) is 5.69 Å². The topological polar surface area (TPSA) is 12.9 Å². The normalized spacial score (nSPS) is 11.0. The molecule has 0 bridgehead atoms. The molecule has 0 spiro atoms. The molecule has 1 aliphatic heterocycles. The Labute approximate surface area is 86.5 Å². The molecule has 0 saturated heterocycles. The summed E-state index contributed by atoms with van der Waals surface area (Å²) in [5, 5.41) is 1.99. The Balaban J connectivity index is 2.56. The van der Waals surface area contributed by atoms with Crippen molar-refractivity contribution in [2.24, 2.45) is 0 Å². The third-order valence-electron chi connectivity index (χ3n) is 2.58. The highest BCUT2D eigenvalue weighted by molar-refractivity contribution is 5.94. The molecule has 0 radical (unpaired) electrons. The van der Waals surface area contributed by atoms with Gasteiger partial charge in [-0.3, -0.25) is 4.98 Å². The van der Waals surface area contributed by atoms with E-state index in [0.29, 0.717) is 5.56 Å². The van der Waals surface area contributed by atoms with Gasteiger partial charge in [0, 0.05) is 17.1 Å². The fourth-order valence-corrected chi connectivity index (χ4v) is 1.85. The van der Waals surface area contributed by atoms with Crippen LogP contribution in [0.2, 0.25) is 0 Å². The highest BCUT2D eigenvalue weighted by atomic mass is 19.1. The van der Waals surface area contributed by atoms with Gasteiger partial charge in [-0.15, -0.1) is 0 Å². The molecular formula is C13H8FN. The van der Waals surface area contributed by atoms with Crippen molar-refractivity contribution in [3.8, 4) is 11.3 Å². The Hall–Kier alpha value is -1.96. The van der Waals surface area contributed by atoms with Crippen molar-refractivity contribution < 1.29 is 4.39 Å². The van der Waals surface area contributed by atoms with Crippen LogP contribution >= 0.6 is 0 Å². The van der Waals surface area contributed by atoms with Crippen molar-refractivity contribution in [2.75, 3.05) is 0 Å². The zero-order valence-corrected chi connectivity index (χ0v) is 7.94. The zero-order valence-electron chi connectivity index (χ0n) is 7.94. The lowest BCUT2D eigenvalue weighted by molar-refractivity contribution is 0.633. The first-order chi connectivity index (χ1) is 7.36. The third-order valence-corrected chi connectivity index (χ3v) is 2.58. The molecule has 0 amide bonds. The molecule has 0 N–H and O–H groups in total. The fraction of sp³-hybridized carbons (Fsp3) is 0. The summed E-state index contributed by atoms with van der Waals surface area (Å²) in [4.78, 5) is 4.21. The van der Waals surface area contributed by atoms with Crippen molar-refractivity contribution in [1.82, 2.24) is 4.98 Å². The lowest BCUT2D eigenvalue weighted by Crippen LogP contribution is -1.77. The van der Waals surface area contributed by atoms with Crippen LogP contribution in [0.15, 0.2) is 48.7 Å². The number of nitrogens with zero attached hydrogens (tertiary/aromatic N) is 1. The molecule has 1 aromatic rings. The molecular weight excluding hydrogens is 189 g/mol. The van der Waals surface area contributed by atoms with Crippen LogP contribution in [0.1, 0.15) is 0 Å². The van der Waals surface area contributed by atoms with E-state index >= 15 is 0 Å². The number of benzene rings is 1. The summed E-state index contributed by atoms with van der Waals surface area (Å²) in [7, 11) is 0. The second kappa shape index (κ2) is 3.02. The van der Waals surface area contributed by atoms with Crippen LogP contribution in [0.3, 0.4) is 0 Å². The van der Waals surface area contributed by atoms with Crippen LogP contribution in [0.25, 0.3) is 22.0 Å². The van der Waals surface area contributed by atoms with E-state index in [0.717, 1.165) is 16.5 Å². The molecule has 15 heavy (non-hydrogen) atoms. The Morgan fingerprint density at radius 2 is 1.80 bits per heavy atom. The number of hydrogen-bond acceptors (Lipinski definition) is 1. The standard InChI is InChI=1S/C13H8FN/c14-12-6-5-9-3-1-2-4-10(9)13-11(12)7-8-15-13/h1-8H. The molecule has 0 atom stereocenters. The smallest absolute Gasteiger partial charge is 0.132 e. The Morgan fingerprint density at radius 1 is 0.933 bits per heavy atom. The van der Waals surface area contributed by atoms with Gasteiger partial charge in [-0.2, -0.15) is 0 Å². The van der Waals surface area contributed by atoms with Crippen molar-refractivity contribution in [1.29, 1.82) is 0 Å². The molecule has 1 heterocycles. The number of fused-ring (bicyclic) bond motifs is 3. The maximum atomic E-state index is 13.6. The summed E-state index contributed by atoms with van der Waals surface area (Å²) in [5.74, 6) is -0.223. The van der Waals surface area contributed by atoms with Gasteiger partial charge in [0.25, 0.3) is 0 Å². The van der Waals surface area contributed by atoms with Crippen molar-refractivity contribution >= 4 is 10.8 Å². The first kappa shape index (κ1) is 8.36. The summed E-state index contributed by atoms with van der Waals surface area (Å²) >= 11 is 0. The molecule has 1 aromatic carbocycles. The van der Waals surface area contributed by atoms with Gasteiger partial charge in [-0.05, 0) is 17.5 Å². The zero-order chi connectivity index (χ0) is 10.3. The van der Waals surface area contributed by atoms with E-state index in [4.69, 9.17) is 0 Å². The lowest BCUT2D eigenvalue weighted by atomic mass is 10.1. The average molecular weight is 197 g/mol. The number of hydrogen-bond donors (Lipinski definition) is 0. The van der Waals surface area contributed by atoms with Crippen LogP contribution in [0, 0.1) is 5.82 Å². The maximum absolute atomic E-state index is 13.6. The van der Waals surface area contributed by atoms with Gasteiger partial charge < -0.3 is 0 Å². The van der Waals surface area contributed by atoms with Gasteiger partial charge in [-0.25, -0.2) is 4.39 Å². The van der Waals surface area contributed by atoms with Gasteiger partial charge in [0.2, 0.25) is 0 Å². The number of rotatable bonds is 0. The quantitative estimate of drug-likeness (QED) is 0.537. The van der Waals surface area contributed by atoms with Crippen molar-refractivity contribution in [3.63, 3.8) is 0 Å². The fourth-order valence-electron chi connectivity index (χ4n) is 1.85. The second-order valence-corrected chi connectivity index (χ2v) is 3.48. The summed E-state index contributed by atoms with van der Waals surface area (Å²) < 4.78 is 13.6. The predicted molar refractivity (Wildman–Crippen MR) is 58.3 cm³/mol. The van der Waals surface area contributed by atoms with Crippen molar-refractivity contribution in [3.05, 3.63) is 54.5 Å². The molecule has 72 valence electrons. The van der Waals surface area contributed by atoms with Crippen LogP contribution in [0.5, 0.6) is 0 Å². The van der Waals surface area contributed by atoms with E-state index in [1.54, 1.807) is 18.3 Å². The van der Waals surface area contributed by atoms with Gasteiger partial charge in [-0.1, -0.05) is 30.3 Å². The summed E-state index contributed by atoms with van der Waals surface area (Å²) in [6.07, 6.45) is 1.64. The third kappa shape index (κ3) is 1.18. The lowest BCUT2D eigenvalue weighted by Gasteiger charge is -1.96. The molecule has 0 aromatic heterocycles. The van der Waals surface area contributed by atoms with E-state index in [9.17, 15) is 4.39 Å².